The molecule has 4 rings (SSSR count). The van der Waals surface area contributed by atoms with Crippen LogP contribution in [0.2, 0.25) is 0 Å². The fourth-order valence-corrected chi connectivity index (χ4v) is 3.07. The van der Waals surface area contributed by atoms with Gasteiger partial charge in [-0.2, -0.15) is 9.78 Å². The van der Waals surface area contributed by atoms with Crippen LogP contribution in [0, 0.1) is 0 Å². The molecule has 0 radical (unpaired) electrons. The fraction of sp³-hybridized carbons (Fsp3) is 0.0556. The number of hydrogen-bond acceptors (Lipinski definition) is 5. The van der Waals surface area contributed by atoms with Crippen LogP contribution in [0.25, 0.3) is 21.9 Å². The van der Waals surface area contributed by atoms with Crippen LogP contribution in [0.15, 0.2) is 57.1 Å². The second-order valence-corrected chi connectivity index (χ2v) is 6.52. The summed E-state index contributed by atoms with van der Waals surface area (Å²) >= 11 is 3.33. The van der Waals surface area contributed by atoms with E-state index >= 15 is 0 Å². The molecule has 4 aromatic rings. The van der Waals surface area contributed by atoms with Crippen molar-refractivity contribution in [2.75, 3.05) is 7.11 Å². The van der Waals surface area contributed by atoms with E-state index in [9.17, 15) is 9.90 Å². The first-order chi connectivity index (χ1) is 12.6. The fourth-order valence-electron chi connectivity index (χ4n) is 2.69. The number of aromatic nitrogens is 3. The number of benzene rings is 2. The molecule has 0 aliphatic rings. The first-order valence-electron chi connectivity index (χ1n) is 7.67. The van der Waals surface area contributed by atoms with Gasteiger partial charge >= 0.3 is 0 Å². The summed E-state index contributed by atoms with van der Waals surface area (Å²) in [6, 6.07) is 10.4. The van der Waals surface area contributed by atoms with E-state index in [0.717, 1.165) is 20.1 Å². The third-order valence-corrected chi connectivity index (χ3v) is 4.50. The van der Waals surface area contributed by atoms with Gasteiger partial charge in [0.2, 0.25) is 0 Å². The predicted molar refractivity (Wildman–Crippen MR) is 103 cm³/mol. The smallest absolute Gasteiger partial charge is 0.298 e. The van der Waals surface area contributed by atoms with Crippen LogP contribution < -0.4 is 10.3 Å². The normalized spacial score (nSPS) is 11.6. The molecule has 130 valence electrons. The maximum atomic E-state index is 12.7. The van der Waals surface area contributed by atoms with Gasteiger partial charge in [-0.25, -0.2) is 4.98 Å². The van der Waals surface area contributed by atoms with Gasteiger partial charge in [-0.1, -0.05) is 15.9 Å². The van der Waals surface area contributed by atoms with Gasteiger partial charge in [0.15, 0.2) is 0 Å². The Kier molecular flexibility index (Phi) is 3.96. The van der Waals surface area contributed by atoms with Crippen molar-refractivity contribution in [2.45, 2.75) is 0 Å². The lowest BCUT2D eigenvalue weighted by Crippen LogP contribution is -2.17. The number of ether oxygens (including phenoxy) is 1. The van der Waals surface area contributed by atoms with Crippen LogP contribution >= 0.6 is 15.9 Å². The molecule has 2 aromatic heterocycles. The van der Waals surface area contributed by atoms with Crippen molar-refractivity contribution in [3.63, 3.8) is 0 Å². The zero-order valence-corrected chi connectivity index (χ0v) is 15.2. The predicted octanol–water partition coefficient (Wildman–Crippen LogP) is 3.24. The summed E-state index contributed by atoms with van der Waals surface area (Å²) in [6.07, 6.45) is 2.75. The number of phenolic OH excluding ortho intramolecular Hbond substituents is 1. The van der Waals surface area contributed by atoms with Gasteiger partial charge in [-0.15, -0.1) is 0 Å². The summed E-state index contributed by atoms with van der Waals surface area (Å²) < 4.78 is 7.14. The molecule has 0 aliphatic carbocycles. The number of methoxy groups -OCH3 is 1. The molecule has 26 heavy (non-hydrogen) atoms. The number of aromatic hydroxyl groups is 1. The summed E-state index contributed by atoms with van der Waals surface area (Å²) in [7, 11) is 1.59. The monoisotopic (exact) mass is 412 g/mol. The van der Waals surface area contributed by atoms with Crippen LogP contribution in [0.3, 0.4) is 0 Å². The van der Waals surface area contributed by atoms with Crippen LogP contribution in [-0.4, -0.2) is 33.1 Å². The minimum Gasteiger partial charge on any atom is -0.507 e. The Morgan fingerprint density at radius 3 is 2.96 bits per heavy atom. The van der Waals surface area contributed by atoms with Crippen molar-refractivity contribution >= 4 is 44.1 Å². The minimum absolute atomic E-state index is 0.0664. The molecule has 2 heterocycles. The van der Waals surface area contributed by atoms with Crippen molar-refractivity contribution in [1.82, 2.24) is 14.6 Å². The van der Waals surface area contributed by atoms with Crippen LogP contribution in [0.1, 0.15) is 5.56 Å². The van der Waals surface area contributed by atoms with Crippen molar-refractivity contribution in [3.05, 3.63) is 63.1 Å². The van der Waals surface area contributed by atoms with Gasteiger partial charge in [0.1, 0.15) is 28.9 Å². The third kappa shape index (κ3) is 2.74. The molecule has 7 nitrogen and oxygen atoms in total. The van der Waals surface area contributed by atoms with Gasteiger partial charge in [0, 0.05) is 20.9 Å². The topological polar surface area (TPSA) is 92.5 Å². The number of rotatable bonds is 3. The van der Waals surface area contributed by atoms with E-state index in [1.54, 1.807) is 25.3 Å². The number of nitrogens with one attached hydrogen (secondary N) is 1. The number of H-pyrrole nitrogens is 1. The van der Waals surface area contributed by atoms with Gasteiger partial charge in [0.05, 0.1) is 13.3 Å². The standard InChI is InChI=1S/C18H13BrN4O3/c1-26-12-3-4-14-13(7-12)16-17(22-14)18(25)23(9-20-16)21-8-10-6-11(19)2-5-15(10)24/h2-9,22,24H,1H3/b21-8+. The number of nitrogens with zero attached hydrogens (tertiary/aromatic N) is 3. The van der Waals surface area contributed by atoms with Gasteiger partial charge in [-0.05, 0) is 36.4 Å². The maximum Gasteiger partial charge on any atom is 0.298 e. The van der Waals surface area contributed by atoms with Crippen LogP contribution in [-0.2, 0) is 0 Å². The summed E-state index contributed by atoms with van der Waals surface area (Å²) in [5.41, 5.74) is 1.84. The van der Waals surface area contributed by atoms with Gasteiger partial charge in [-0.3, -0.25) is 4.79 Å². The summed E-state index contributed by atoms with van der Waals surface area (Å²) in [5, 5.41) is 14.8. The van der Waals surface area contributed by atoms with E-state index in [-0.39, 0.29) is 11.3 Å². The highest BCUT2D eigenvalue weighted by molar-refractivity contribution is 9.10. The second kappa shape index (κ2) is 6.30. The second-order valence-electron chi connectivity index (χ2n) is 5.60. The molecular weight excluding hydrogens is 400 g/mol. The first-order valence-corrected chi connectivity index (χ1v) is 8.46. The third-order valence-electron chi connectivity index (χ3n) is 4.01. The van der Waals surface area contributed by atoms with Crippen LogP contribution in [0.4, 0.5) is 0 Å². The minimum atomic E-state index is -0.337. The number of halogens is 1. The number of hydrogen-bond donors (Lipinski definition) is 2. The molecule has 0 spiro atoms. The zero-order chi connectivity index (χ0) is 18.3. The summed E-state index contributed by atoms with van der Waals surface area (Å²) in [4.78, 5) is 20.1. The molecule has 0 amide bonds. The van der Waals surface area contributed by atoms with Gasteiger partial charge in [0.25, 0.3) is 5.56 Å². The lowest BCUT2D eigenvalue weighted by Gasteiger charge is -2.01. The molecule has 8 heteroatoms. The zero-order valence-electron chi connectivity index (χ0n) is 13.6. The van der Waals surface area contributed by atoms with E-state index in [0.29, 0.717) is 22.3 Å². The van der Waals surface area contributed by atoms with Crippen molar-refractivity contribution in [3.8, 4) is 11.5 Å². The summed E-state index contributed by atoms with van der Waals surface area (Å²) in [6.45, 7) is 0. The Balaban J connectivity index is 1.83. The van der Waals surface area contributed by atoms with E-state index in [2.05, 4.69) is 31.0 Å². The summed E-state index contributed by atoms with van der Waals surface area (Å²) in [5.74, 6) is 0.754. The quantitative estimate of drug-likeness (QED) is 0.505. The lowest BCUT2D eigenvalue weighted by molar-refractivity contribution is 0.415. The van der Waals surface area contributed by atoms with Crippen molar-refractivity contribution in [1.29, 1.82) is 0 Å². The number of fused-ring (bicyclic) bond motifs is 3. The Bertz CT molecular complexity index is 1230. The average Bonchev–Trinajstić information content (AvgIpc) is 3.02. The molecule has 0 bridgehead atoms. The SMILES string of the molecule is COc1ccc2[nH]c3c(=O)n(/N=C/c4cc(Br)ccc4O)cnc3c2c1. The Morgan fingerprint density at radius 2 is 2.15 bits per heavy atom. The highest BCUT2D eigenvalue weighted by Gasteiger charge is 2.11. The molecule has 2 N–H and O–H groups in total. The van der Waals surface area contributed by atoms with E-state index in [1.807, 2.05) is 18.2 Å². The molecule has 0 atom stereocenters. The number of aromatic amines is 1. The molecule has 0 saturated heterocycles. The molecular formula is C18H13BrN4O3. The highest BCUT2D eigenvalue weighted by atomic mass is 79.9. The Hall–Kier alpha value is -3.13. The molecule has 2 aromatic carbocycles. The van der Waals surface area contributed by atoms with E-state index < -0.39 is 0 Å². The molecule has 0 aliphatic heterocycles. The average molecular weight is 413 g/mol. The first kappa shape index (κ1) is 16.3. The van der Waals surface area contributed by atoms with Gasteiger partial charge < -0.3 is 14.8 Å². The van der Waals surface area contributed by atoms with Crippen LogP contribution in [0.5, 0.6) is 11.5 Å². The molecule has 0 saturated carbocycles. The highest BCUT2D eigenvalue weighted by Crippen LogP contribution is 2.25. The Morgan fingerprint density at radius 1 is 1.31 bits per heavy atom. The lowest BCUT2D eigenvalue weighted by atomic mass is 10.2. The molecule has 0 unspecified atom stereocenters. The van der Waals surface area contributed by atoms with Crippen molar-refractivity contribution in [2.24, 2.45) is 5.10 Å². The van der Waals surface area contributed by atoms with E-state index in [4.69, 9.17) is 4.74 Å². The maximum absolute atomic E-state index is 12.7. The molecule has 0 fully saturated rings. The Labute approximate surface area is 155 Å². The van der Waals surface area contributed by atoms with E-state index in [1.165, 1.54) is 12.5 Å². The number of phenols is 1. The largest absolute Gasteiger partial charge is 0.507 e. The van der Waals surface area contributed by atoms with Crippen molar-refractivity contribution < 1.29 is 9.84 Å².